The van der Waals surface area contributed by atoms with Crippen molar-refractivity contribution in [3.05, 3.63) is 102 Å². The van der Waals surface area contributed by atoms with Crippen LogP contribution in [0.5, 0.6) is 0 Å². The zero-order chi connectivity index (χ0) is 32.9. The van der Waals surface area contributed by atoms with Gasteiger partial charge in [0.2, 0.25) is 10.0 Å². The van der Waals surface area contributed by atoms with Gasteiger partial charge in [-0.3, -0.25) is 4.79 Å². The molecule has 0 bridgehead atoms. The third-order valence-corrected chi connectivity index (χ3v) is 7.89. The fourth-order valence-corrected chi connectivity index (χ4v) is 5.66. The Balaban J connectivity index is 0.00000576. The van der Waals surface area contributed by atoms with Gasteiger partial charge in [-0.05, 0) is 61.4 Å². The number of carboxylic acids is 1. The number of aliphatic hydroxyl groups excluding tert-OH is 2. The van der Waals surface area contributed by atoms with Crippen LogP contribution in [-0.4, -0.2) is 47.3 Å². The van der Waals surface area contributed by atoms with E-state index in [0.717, 1.165) is 0 Å². The second kappa shape index (κ2) is 15.8. The molecule has 13 heteroatoms. The zero-order valence-electron chi connectivity index (χ0n) is 25.6. The number of halogens is 1. The number of amides is 1. The van der Waals surface area contributed by atoms with Crippen molar-refractivity contribution in [2.45, 2.75) is 49.8 Å². The number of nitrogens with two attached hydrogens (primary N) is 1. The van der Waals surface area contributed by atoms with Gasteiger partial charge in [-0.1, -0.05) is 54.6 Å². The van der Waals surface area contributed by atoms with Gasteiger partial charge < -0.3 is 30.0 Å². The van der Waals surface area contributed by atoms with Crippen LogP contribution in [0.2, 0.25) is 0 Å². The second-order valence-corrected chi connectivity index (χ2v) is 12.3. The Labute approximate surface area is 288 Å². The topological polar surface area (TPSA) is 175 Å². The molecule has 1 aromatic heterocycles. The number of hydrogen-bond acceptors (Lipinski definition) is 7. The van der Waals surface area contributed by atoms with E-state index in [1.807, 2.05) is 32.0 Å². The molecule has 0 unspecified atom stereocenters. The van der Waals surface area contributed by atoms with Crippen LogP contribution >= 0.6 is 0 Å². The molecular weight excluding hydrogens is 624 g/mol. The molecule has 0 saturated carbocycles. The van der Waals surface area contributed by atoms with E-state index in [4.69, 9.17) is 5.14 Å². The van der Waals surface area contributed by atoms with Gasteiger partial charge in [0.25, 0.3) is 5.91 Å². The summed E-state index contributed by atoms with van der Waals surface area (Å²) in [6, 6.07) is 19.9. The Hall–Kier alpha value is -3.62. The fourth-order valence-electron chi connectivity index (χ4n) is 5.10. The molecule has 0 aliphatic rings. The number of primary sulfonamides is 1. The summed E-state index contributed by atoms with van der Waals surface area (Å²) in [7, 11) is -4.05. The summed E-state index contributed by atoms with van der Waals surface area (Å²) in [5.41, 5.74) is 3.08. The number of carbonyl (C=O) groups excluding carboxylic acids is 2. The molecule has 2 atom stereocenters. The van der Waals surface area contributed by atoms with Crippen molar-refractivity contribution >= 4 is 33.7 Å². The quantitative estimate of drug-likeness (QED) is 0.162. The number of benzene rings is 3. The standard InChI is InChI=1S/C33H34FN3O7S.Na/c1-20(2)37-28(16-15-25(38)18-26(39)19-29(40)41)30(22-11-13-23(34)14-12-22)31(21-7-4-3-5-8-21)32(37)33(42)36-24-9-6-10-27(17-24)45(35,43)44;/h3-17,20,25-26,38-39H,18-19H2,1-2H3,(H,36,42)(H,40,41)(H2,35,43,44);/q;+1/p-1/b16-15+;/t25-,26-;/m1./s1. The molecular formula is C33H33FN3NaO7S. The van der Waals surface area contributed by atoms with Gasteiger partial charge in [-0.15, -0.1) is 0 Å². The Kier molecular flexibility index (Phi) is 12.6. The predicted octanol–water partition coefficient (Wildman–Crippen LogP) is 0.711. The molecule has 46 heavy (non-hydrogen) atoms. The van der Waals surface area contributed by atoms with Crippen LogP contribution in [-0.2, 0) is 14.8 Å². The van der Waals surface area contributed by atoms with Crippen LogP contribution < -0.4 is 45.1 Å². The molecule has 4 aromatic rings. The Morgan fingerprint density at radius 1 is 0.978 bits per heavy atom. The minimum absolute atomic E-state index is 0. The molecule has 0 saturated heterocycles. The van der Waals surface area contributed by atoms with Gasteiger partial charge in [-0.2, -0.15) is 0 Å². The minimum Gasteiger partial charge on any atom is -0.550 e. The predicted molar refractivity (Wildman–Crippen MR) is 167 cm³/mol. The molecule has 4 rings (SSSR count). The number of hydrogen-bond donors (Lipinski definition) is 4. The number of rotatable bonds is 12. The first kappa shape index (κ1) is 36.8. The second-order valence-electron chi connectivity index (χ2n) is 10.7. The number of anilines is 1. The summed E-state index contributed by atoms with van der Waals surface area (Å²) in [6.45, 7) is 3.69. The number of aliphatic hydroxyl groups is 2. The van der Waals surface area contributed by atoms with E-state index >= 15 is 0 Å². The summed E-state index contributed by atoms with van der Waals surface area (Å²) in [4.78, 5) is 24.9. The summed E-state index contributed by atoms with van der Waals surface area (Å²) >= 11 is 0. The van der Waals surface area contributed by atoms with Crippen molar-refractivity contribution < 1.29 is 67.3 Å². The van der Waals surface area contributed by atoms with E-state index in [9.17, 15) is 37.7 Å². The van der Waals surface area contributed by atoms with E-state index < -0.39 is 46.3 Å². The maximum absolute atomic E-state index is 14.2. The Morgan fingerprint density at radius 3 is 2.20 bits per heavy atom. The van der Waals surface area contributed by atoms with Crippen LogP contribution in [0.25, 0.3) is 28.3 Å². The Morgan fingerprint density at radius 2 is 1.61 bits per heavy atom. The van der Waals surface area contributed by atoms with E-state index in [0.29, 0.717) is 27.9 Å². The van der Waals surface area contributed by atoms with Gasteiger partial charge in [-0.25, -0.2) is 17.9 Å². The van der Waals surface area contributed by atoms with E-state index in [2.05, 4.69) is 5.32 Å². The van der Waals surface area contributed by atoms with E-state index in [1.54, 1.807) is 34.9 Å². The van der Waals surface area contributed by atoms with Crippen LogP contribution in [0, 0.1) is 5.82 Å². The number of nitrogens with zero attached hydrogens (tertiary/aromatic N) is 1. The SMILES string of the molecule is CC(C)n1c(/C=C/[C@@H](O)C[C@@H](O)CC(=O)[O-])c(-c2ccc(F)cc2)c(-c2ccccc2)c1C(=O)Nc1cccc(S(N)(=O)=O)c1.[Na+]. The molecule has 10 nitrogen and oxygen atoms in total. The maximum atomic E-state index is 14.2. The number of sulfonamides is 1. The van der Waals surface area contributed by atoms with Crippen molar-refractivity contribution in [1.82, 2.24) is 4.57 Å². The van der Waals surface area contributed by atoms with Gasteiger partial charge in [0.1, 0.15) is 11.5 Å². The third kappa shape index (κ3) is 9.01. The number of carbonyl (C=O) groups is 2. The monoisotopic (exact) mass is 657 g/mol. The largest absolute Gasteiger partial charge is 1.00 e. The first-order chi connectivity index (χ1) is 21.3. The number of aliphatic carboxylic acids is 1. The first-order valence-electron chi connectivity index (χ1n) is 14.0. The molecule has 1 amide bonds. The summed E-state index contributed by atoms with van der Waals surface area (Å²) in [5.74, 6) is -2.50. The molecule has 0 aliphatic heterocycles. The van der Waals surface area contributed by atoms with E-state index in [1.165, 1.54) is 42.5 Å². The van der Waals surface area contributed by atoms with E-state index in [-0.39, 0.29) is 58.3 Å². The van der Waals surface area contributed by atoms with Gasteiger partial charge in [0.05, 0.1) is 17.1 Å². The minimum atomic E-state index is -4.05. The molecule has 5 N–H and O–H groups in total. The van der Waals surface area contributed by atoms with Gasteiger partial charge in [0, 0.05) is 47.4 Å². The molecule has 3 aromatic carbocycles. The van der Waals surface area contributed by atoms with Crippen LogP contribution in [0.1, 0.15) is 48.9 Å². The normalized spacial score (nSPS) is 12.9. The summed E-state index contributed by atoms with van der Waals surface area (Å²) in [5, 5.41) is 39.6. The van der Waals surface area contributed by atoms with Crippen molar-refractivity contribution in [3.63, 3.8) is 0 Å². The maximum Gasteiger partial charge on any atom is 1.00 e. The summed E-state index contributed by atoms with van der Waals surface area (Å²) < 4.78 is 39.7. The molecule has 0 fully saturated rings. The average molecular weight is 658 g/mol. The summed E-state index contributed by atoms with van der Waals surface area (Å²) in [6.07, 6.45) is -0.584. The van der Waals surface area contributed by atoms with Crippen molar-refractivity contribution in [2.75, 3.05) is 5.32 Å². The van der Waals surface area contributed by atoms with Crippen LogP contribution in [0.3, 0.4) is 0 Å². The molecule has 1 heterocycles. The molecule has 236 valence electrons. The third-order valence-electron chi connectivity index (χ3n) is 6.98. The molecule has 0 spiro atoms. The van der Waals surface area contributed by atoms with Crippen molar-refractivity contribution in [3.8, 4) is 22.3 Å². The van der Waals surface area contributed by atoms with Crippen LogP contribution in [0.15, 0.2) is 89.8 Å². The van der Waals surface area contributed by atoms with Crippen molar-refractivity contribution in [1.29, 1.82) is 0 Å². The smallest absolute Gasteiger partial charge is 0.550 e. The van der Waals surface area contributed by atoms with Gasteiger partial charge in [0.15, 0.2) is 0 Å². The van der Waals surface area contributed by atoms with Crippen LogP contribution in [0.4, 0.5) is 10.1 Å². The molecule has 0 radical (unpaired) electrons. The van der Waals surface area contributed by atoms with Gasteiger partial charge >= 0.3 is 29.6 Å². The first-order valence-corrected chi connectivity index (χ1v) is 15.6. The number of aromatic nitrogens is 1. The number of nitrogens with one attached hydrogen (secondary N) is 1. The average Bonchev–Trinajstić information content (AvgIpc) is 3.32. The molecule has 0 aliphatic carbocycles. The number of carboxylic acid groups (broad SMARTS) is 1. The Bertz CT molecular complexity index is 1830. The zero-order valence-corrected chi connectivity index (χ0v) is 28.4. The fraction of sp³-hybridized carbons (Fsp3) is 0.212. The van der Waals surface area contributed by atoms with Crippen molar-refractivity contribution in [2.24, 2.45) is 5.14 Å².